The molecule has 2 fully saturated rings. The molecule has 3 nitrogen and oxygen atoms in total. The summed E-state index contributed by atoms with van der Waals surface area (Å²) in [6.07, 6.45) is 0.468. The maximum atomic E-state index is 13.3. The molecule has 1 aromatic carbocycles. The van der Waals surface area contributed by atoms with Crippen molar-refractivity contribution in [3.63, 3.8) is 0 Å². The summed E-state index contributed by atoms with van der Waals surface area (Å²) in [5, 5.41) is 2.50. The lowest BCUT2D eigenvalue weighted by Gasteiger charge is -2.38. The third-order valence-corrected chi connectivity index (χ3v) is 5.62. The number of likely N-dealkylation sites (tertiary alicyclic amines) is 1. The molecule has 0 unspecified atom stereocenters. The number of nitrogens with one attached hydrogen (secondary N) is 1. The van der Waals surface area contributed by atoms with E-state index in [1.807, 2.05) is 0 Å². The molecule has 23 heavy (non-hydrogen) atoms. The first-order chi connectivity index (χ1) is 10.9. The Morgan fingerprint density at radius 3 is 2.61 bits per heavy atom. The van der Waals surface area contributed by atoms with Crippen LogP contribution in [0.4, 0.5) is 13.2 Å². The number of nitrogens with zero attached hydrogens (tertiary/aromatic N) is 1. The van der Waals surface area contributed by atoms with Crippen LogP contribution in [0.25, 0.3) is 0 Å². The minimum absolute atomic E-state index is 0.0316. The molecule has 2 heterocycles. The highest BCUT2D eigenvalue weighted by Crippen LogP contribution is 2.48. The molecule has 1 saturated heterocycles. The topological polar surface area (TPSA) is 32.3 Å². The zero-order valence-electron chi connectivity index (χ0n) is 12.8. The summed E-state index contributed by atoms with van der Waals surface area (Å²) in [6, 6.07) is 2.86. The van der Waals surface area contributed by atoms with Gasteiger partial charge in [-0.15, -0.1) is 0 Å². The third-order valence-electron chi connectivity index (χ3n) is 5.62. The summed E-state index contributed by atoms with van der Waals surface area (Å²) in [4.78, 5) is 14.0. The van der Waals surface area contributed by atoms with Crippen molar-refractivity contribution in [2.24, 2.45) is 5.41 Å². The van der Waals surface area contributed by atoms with Gasteiger partial charge >= 0.3 is 6.18 Å². The van der Waals surface area contributed by atoms with Crippen molar-refractivity contribution < 1.29 is 18.0 Å². The Labute approximate surface area is 132 Å². The molecule has 6 heteroatoms. The van der Waals surface area contributed by atoms with Crippen molar-refractivity contribution in [1.29, 1.82) is 0 Å². The average molecular weight is 324 g/mol. The predicted molar refractivity (Wildman–Crippen MR) is 78.8 cm³/mol. The lowest BCUT2D eigenvalue weighted by atomic mass is 9.68. The highest BCUT2D eigenvalue weighted by atomic mass is 19.4. The van der Waals surface area contributed by atoms with Crippen molar-refractivity contribution in [3.8, 4) is 0 Å². The molecule has 124 valence electrons. The van der Waals surface area contributed by atoms with Crippen LogP contribution in [-0.4, -0.2) is 23.9 Å². The fourth-order valence-corrected chi connectivity index (χ4v) is 4.24. The van der Waals surface area contributed by atoms with E-state index in [0.717, 1.165) is 19.5 Å². The van der Waals surface area contributed by atoms with Crippen molar-refractivity contribution in [2.75, 3.05) is 13.1 Å². The van der Waals surface area contributed by atoms with Crippen LogP contribution in [0.1, 0.15) is 52.7 Å². The fourth-order valence-electron chi connectivity index (χ4n) is 4.24. The van der Waals surface area contributed by atoms with E-state index < -0.39 is 17.6 Å². The summed E-state index contributed by atoms with van der Waals surface area (Å²) in [5.41, 5.74) is 0.613. The number of halogens is 3. The number of rotatable bonds is 2. The van der Waals surface area contributed by atoms with E-state index in [-0.39, 0.29) is 17.7 Å². The van der Waals surface area contributed by atoms with Crippen LogP contribution in [-0.2, 0) is 19.3 Å². The highest BCUT2D eigenvalue weighted by Gasteiger charge is 2.43. The normalized spacial score (nSPS) is 23.0. The van der Waals surface area contributed by atoms with Crippen LogP contribution in [0.5, 0.6) is 0 Å². The molecule has 1 N–H and O–H groups in total. The number of carbonyl (C=O) groups is 1. The van der Waals surface area contributed by atoms with Crippen molar-refractivity contribution in [2.45, 2.75) is 44.9 Å². The standard InChI is InChI=1S/C17H19F3N2O/c18-17(19,20)14-7-11(6-12-13(14)8-21-15(12)23)9-22-5-4-16(10-22)2-1-3-16/h6-7H,1-5,8-10H2,(H,21,23). The average Bonchev–Trinajstić information content (AvgIpc) is 3.02. The van der Waals surface area contributed by atoms with Gasteiger partial charge in [-0.3, -0.25) is 9.69 Å². The second-order valence-electron chi connectivity index (χ2n) is 7.16. The predicted octanol–water partition coefficient (Wildman–Crippen LogP) is 3.32. The maximum absolute atomic E-state index is 13.3. The van der Waals surface area contributed by atoms with Gasteiger partial charge in [0.05, 0.1) is 5.56 Å². The van der Waals surface area contributed by atoms with E-state index in [1.165, 1.54) is 25.3 Å². The summed E-state index contributed by atoms with van der Waals surface area (Å²) >= 11 is 0. The van der Waals surface area contributed by atoms with Gasteiger partial charge in [0, 0.05) is 25.2 Å². The number of hydrogen-bond acceptors (Lipinski definition) is 2. The van der Waals surface area contributed by atoms with Gasteiger partial charge in [-0.1, -0.05) is 6.42 Å². The first kappa shape index (κ1) is 15.0. The van der Waals surface area contributed by atoms with Crippen LogP contribution in [0, 0.1) is 5.41 Å². The SMILES string of the molecule is O=C1NCc2c1cc(CN1CCC3(CCC3)C1)cc2C(F)(F)F. The van der Waals surface area contributed by atoms with Gasteiger partial charge < -0.3 is 5.32 Å². The minimum atomic E-state index is -4.42. The second-order valence-corrected chi connectivity index (χ2v) is 7.16. The Morgan fingerprint density at radius 2 is 2.00 bits per heavy atom. The van der Waals surface area contributed by atoms with Crippen molar-refractivity contribution >= 4 is 5.91 Å². The third kappa shape index (κ3) is 2.53. The molecule has 1 amide bonds. The van der Waals surface area contributed by atoms with E-state index in [9.17, 15) is 18.0 Å². The Kier molecular flexibility index (Phi) is 3.24. The maximum Gasteiger partial charge on any atom is 0.416 e. The molecule has 0 bridgehead atoms. The molecule has 0 radical (unpaired) electrons. The van der Waals surface area contributed by atoms with E-state index in [2.05, 4.69) is 10.2 Å². The number of amides is 1. The summed E-state index contributed by atoms with van der Waals surface area (Å²) in [6.45, 7) is 2.36. The fraction of sp³-hybridized carbons (Fsp3) is 0.588. The number of hydrogen-bond donors (Lipinski definition) is 1. The number of carbonyl (C=O) groups excluding carboxylic acids is 1. The Bertz CT molecular complexity index is 665. The van der Waals surface area contributed by atoms with Crippen molar-refractivity contribution in [1.82, 2.24) is 10.2 Å². The van der Waals surface area contributed by atoms with Crippen LogP contribution in [0.2, 0.25) is 0 Å². The summed E-state index contributed by atoms with van der Waals surface area (Å²) < 4.78 is 39.9. The molecule has 1 saturated carbocycles. The first-order valence-electron chi connectivity index (χ1n) is 8.10. The van der Waals surface area contributed by atoms with Crippen LogP contribution in [0.15, 0.2) is 12.1 Å². The zero-order valence-corrected chi connectivity index (χ0v) is 12.8. The zero-order chi connectivity index (χ0) is 16.2. The molecule has 0 atom stereocenters. The summed E-state index contributed by atoms with van der Waals surface area (Å²) in [7, 11) is 0. The quantitative estimate of drug-likeness (QED) is 0.905. The van der Waals surface area contributed by atoms with Gasteiger partial charge in [-0.05, 0) is 54.5 Å². The van der Waals surface area contributed by atoms with Crippen LogP contribution in [0.3, 0.4) is 0 Å². The minimum Gasteiger partial charge on any atom is -0.348 e. The van der Waals surface area contributed by atoms with Gasteiger partial charge in [0.25, 0.3) is 5.91 Å². The summed E-state index contributed by atoms with van der Waals surface area (Å²) in [5.74, 6) is -0.399. The molecule has 3 aliphatic rings. The van der Waals surface area contributed by atoms with Gasteiger partial charge in [-0.2, -0.15) is 13.2 Å². The number of benzene rings is 1. The molecule has 1 spiro atoms. The van der Waals surface area contributed by atoms with E-state index in [0.29, 0.717) is 17.5 Å². The molecule has 0 aromatic heterocycles. The lowest BCUT2D eigenvalue weighted by molar-refractivity contribution is -0.138. The van der Waals surface area contributed by atoms with E-state index in [1.54, 1.807) is 6.07 Å². The monoisotopic (exact) mass is 324 g/mol. The van der Waals surface area contributed by atoms with Crippen LogP contribution >= 0.6 is 0 Å². The van der Waals surface area contributed by atoms with E-state index >= 15 is 0 Å². The van der Waals surface area contributed by atoms with Gasteiger partial charge in [0.15, 0.2) is 0 Å². The molecule has 4 rings (SSSR count). The molecular formula is C17H19F3N2O. The smallest absolute Gasteiger partial charge is 0.348 e. The molecular weight excluding hydrogens is 305 g/mol. The first-order valence-corrected chi connectivity index (χ1v) is 8.10. The molecule has 1 aliphatic carbocycles. The van der Waals surface area contributed by atoms with Gasteiger partial charge in [0.1, 0.15) is 0 Å². The van der Waals surface area contributed by atoms with E-state index in [4.69, 9.17) is 0 Å². The van der Waals surface area contributed by atoms with Crippen LogP contribution < -0.4 is 5.32 Å². The molecule has 2 aliphatic heterocycles. The molecule has 1 aromatic rings. The number of fused-ring (bicyclic) bond motifs is 1. The largest absolute Gasteiger partial charge is 0.416 e. The van der Waals surface area contributed by atoms with Crippen molar-refractivity contribution in [3.05, 3.63) is 34.4 Å². The lowest BCUT2D eigenvalue weighted by Crippen LogP contribution is -2.33. The highest BCUT2D eigenvalue weighted by molar-refractivity contribution is 5.99. The van der Waals surface area contributed by atoms with Gasteiger partial charge in [0.2, 0.25) is 0 Å². The number of alkyl halides is 3. The Balaban J connectivity index is 1.62. The Morgan fingerprint density at radius 1 is 1.22 bits per heavy atom. The second kappa shape index (κ2) is 4.97. The van der Waals surface area contributed by atoms with Gasteiger partial charge in [-0.25, -0.2) is 0 Å². The Hall–Kier alpha value is -1.56.